The number of nitrogens with one attached hydrogen (secondary N) is 2. The Kier molecular flexibility index (Phi) is 6.51. The number of benzene rings is 1. The standard InChI is InChI=1S/C16H18N4O4.HI/c1-18-16(20-8-11-3-5-13(24-11)15(17)21)19-7-10-2-4-12-14(6-10)23-9-22-12;/h2-6H,7-9H2,1H3,(H2,17,21)(H2,18,19,20);1H. The van der Waals surface area contributed by atoms with E-state index in [1.807, 2.05) is 18.2 Å². The second-order valence-corrected chi connectivity index (χ2v) is 5.10. The fourth-order valence-electron chi connectivity index (χ4n) is 2.23. The molecule has 0 radical (unpaired) electrons. The number of guanidine groups is 1. The Bertz CT molecular complexity index is 775. The van der Waals surface area contributed by atoms with Crippen LogP contribution in [-0.2, 0) is 13.1 Å². The number of rotatable bonds is 5. The molecule has 1 aromatic heterocycles. The predicted octanol–water partition coefficient (Wildman–Crippen LogP) is 1.59. The fraction of sp³-hybridized carbons (Fsp3) is 0.250. The quantitative estimate of drug-likeness (QED) is 0.357. The maximum atomic E-state index is 11.0. The molecule has 9 heteroatoms. The third-order valence-electron chi connectivity index (χ3n) is 3.46. The number of halogens is 1. The summed E-state index contributed by atoms with van der Waals surface area (Å²) >= 11 is 0. The Hall–Kier alpha value is -2.43. The molecule has 1 amide bonds. The fourth-order valence-corrected chi connectivity index (χ4v) is 2.23. The molecule has 3 rings (SSSR count). The van der Waals surface area contributed by atoms with Crippen LogP contribution in [0.4, 0.5) is 0 Å². The highest BCUT2D eigenvalue weighted by Gasteiger charge is 2.13. The molecule has 1 aromatic carbocycles. The molecular formula is C16H19IN4O4. The highest BCUT2D eigenvalue weighted by Crippen LogP contribution is 2.32. The average Bonchev–Trinajstić information content (AvgIpc) is 3.23. The van der Waals surface area contributed by atoms with Crippen LogP contribution in [0.15, 0.2) is 39.7 Å². The van der Waals surface area contributed by atoms with E-state index in [9.17, 15) is 4.79 Å². The number of amides is 1. The number of aliphatic imine (C=N–C) groups is 1. The molecule has 1 aliphatic heterocycles. The molecule has 0 atom stereocenters. The van der Waals surface area contributed by atoms with Crippen LogP contribution in [0.1, 0.15) is 21.9 Å². The van der Waals surface area contributed by atoms with Gasteiger partial charge in [0.1, 0.15) is 5.76 Å². The number of fused-ring (bicyclic) bond motifs is 1. The van der Waals surface area contributed by atoms with Crippen LogP contribution >= 0.6 is 24.0 Å². The molecule has 0 saturated carbocycles. The van der Waals surface area contributed by atoms with Gasteiger partial charge in [0.15, 0.2) is 23.2 Å². The lowest BCUT2D eigenvalue weighted by Gasteiger charge is -2.11. The first-order chi connectivity index (χ1) is 11.7. The largest absolute Gasteiger partial charge is 0.454 e. The predicted molar refractivity (Wildman–Crippen MR) is 102 cm³/mol. The van der Waals surface area contributed by atoms with Gasteiger partial charge >= 0.3 is 0 Å². The van der Waals surface area contributed by atoms with Gasteiger partial charge in [-0.25, -0.2) is 0 Å². The molecule has 0 saturated heterocycles. The summed E-state index contributed by atoms with van der Waals surface area (Å²) in [6, 6.07) is 9.00. The molecule has 2 heterocycles. The van der Waals surface area contributed by atoms with E-state index in [-0.39, 0.29) is 36.5 Å². The second kappa shape index (κ2) is 8.60. The summed E-state index contributed by atoms with van der Waals surface area (Å²) in [6.45, 7) is 1.21. The first-order valence-corrected chi connectivity index (χ1v) is 7.37. The molecule has 1 aliphatic rings. The highest BCUT2D eigenvalue weighted by atomic mass is 127. The molecule has 2 aromatic rings. The van der Waals surface area contributed by atoms with Crippen molar-refractivity contribution in [3.05, 3.63) is 47.4 Å². The monoisotopic (exact) mass is 458 g/mol. The number of ether oxygens (including phenoxy) is 2. The van der Waals surface area contributed by atoms with Gasteiger partial charge in [0.05, 0.1) is 6.54 Å². The molecule has 0 aliphatic carbocycles. The Morgan fingerprint density at radius 3 is 2.64 bits per heavy atom. The minimum Gasteiger partial charge on any atom is -0.454 e. The molecule has 134 valence electrons. The van der Waals surface area contributed by atoms with Crippen molar-refractivity contribution >= 4 is 35.8 Å². The number of nitrogens with zero attached hydrogens (tertiary/aromatic N) is 1. The molecule has 0 bridgehead atoms. The molecule has 4 N–H and O–H groups in total. The minimum absolute atomic E-state index is 0. The van der Waals surface area contributed by atoms with E-state index < -0.39 is 5.91 Å². The van der Waals surface area contributed by atoms with Crippen molar-refractivity contribution < 1.29 is 18.7 Å². The summed E-state index contributed by atoms with van der Waals surface area (Å²) in [7, 11) is 1.67. The summed E-state index contributed by atoms with van der Waals surface area (Å²) in [5, 5.41) is 6.28. The van der Waals surface area contributed by atoms with Crippen LogP contribution < -0.4 is 25.8 Å². The lowest BCUT2D eigenvalue weighted by Crippen LogP contribution is -2.36. The number of carbonyl (C=O) groups excluding carboxylic acids is 1. The lowest BCUT2D eigenvalue weighted by molar-refractivity contribution is 0.0972. The average molecular weight is 458 g/mol. The molecular weight excluding hydrogens is 439 g/mol. The molecule has 8 nitrogen and oxygen atoms in total. The van der Waals surface area contributed by atoms with Crippen molar-refractivity contribution in [2.24, 2.45) is 10.7 Å². The number of carbonyl (C=O) groups is 1. The number of hydrogen-bond donors (Lipinski definition) is 3. The Morgan fingerprint density at radius 2 is 1.92 bits per heavy atom. The van der Waals surface area contributed by atoms with Crippen molar-refractivity contribution in [3.8, 4) is 11.5 Å². The van der Waals surface area contributed by atoms with Gasteiger partial charge < -0.3 is 30.3 Å². The van der Waals surface area contributed by atoms with E-state index in [2.05, 4.69) is 15.6 Å². The van der Waals surface area contributed by atoms with Crippen molar-refractivity contribution in [1.82, 2.24) is 10.6 Å². The van der Waals surface area contributed by atoms with Crippen LogP contribution in [-0.4, -0.2) is 25.7 Å². The summed E-state index contributed by atoms with van der Waals surface area (Å²) in [4.78, 5) is 15.1. The Morgan fingerprint density at radius 1 is 1.16 bits per heavy atom. The van der Waals surface area contributed by atoms with Gasteiger partial charge in [-0.1, -0.05) is 6.07 Å². The topological polar surface area (TPSA) is 111 Å². The van der Waals surface area contributed by atoms with E-state index in [1.54, 1.807) is 19.2 Å². The zero-order chi connectivity index (χ0) is 16.9. The first kappa shape index (κ1) is 18.9. The zero-order valence-corrected chi connectivity index (χ0v) is 15.9. The van der Waals surface area contributed by atoms with Crippen LogP contribution in [0.25, 0.3) is 0 Å². The molecule has 0 unspecified atom stereocenters. The molecule has 25 heavy (non-hydrogen) atoms. The molecule has 0 fully saturated rings. The maximum Gasteiger partial charge on any atom is 0.284 e. The Labute approximate surface area is 161 Å². The third kappa shape index (κ3) is 4.78. The zero-order valence-electron chi connectivity index (χ0n) is 13.6. The highest BCUT2D eigenvalue weighted by molar-refractivity contribution is 14.0. The SMILES string of the molecule is CN=C(NCc1ccc2c(c1)OCO2)NCc1ccc(C(N)=O)o1.I. The first-order valence-electron chi connectivity index (χ1n) is 7.37. The van der Waals surface area contributed by atoms with Crippen LogP contribution in [0.3, 0.4) is 0 Å². The van der Waals surface area contributed by atoms with Crippen molar-refractivity contribution in [2.75, 3.05) is 13.8 Å². The van der Waals surface area contributed by atoms with Crippen LogP contribution in [0.2, 0.25) is 0 Å². The third-order valence-corrected chi connectivity index (χ3v) is 3.46. The second-order valence-electron chi connectivity index (χ2n) is 5.10. The number of hydrogen-bond acceptors (Lipinski definition) is 5. The van der Waals surface area contributed by atoms with Crippen LogP contribution in [0.5, 0.6) is 11.5 Å². The van der Waals surface area contributed by atoms with Gasteiger partial charge in [0, 0.05) is 13.6 Å². The van der Waals surface area contributed by atoms with Crippen molar-refractivity contribution in [1.29, 1.82) is 0 Å². The number of nitrogens with two attached hydrogens (primary N) is 1. The number of furan rings is 1. The molecule has 0 spiro atoms. The van der Waals surface area contributed by atoms with E-state index >= 15 is 0 Å². The summed E-state index contributed by atoms with van der Waals surface area (Å²) < 4.78 is 15.9. The summed E-state index contributed by atoms with van der Waals surface area (Å²) in [5.74, 6) is 2.23. The van der Waals surface area contributed by atoms with Crippen LogP contribution in [0, 0.1) is 0 Å². The smallest absolute Gasteiger partial charge is 0.284 e. The van der Waals surface area contributed by atoms with E-state index in [4.69, 9.17) is 19.6 Å². The minimum atomic E-state index is -0.591. The summed E-state index contributed by atoms with van der Waals surface area (Å²) in [5.41, 5.74) is 6.19. The maximum absolute atomic E-state index is 11.0. The lowest BCUT2D eigenvalue weighted by atomic mass is 10.2. The van der Waals surface area contributed by atoms with Gasteiger partial charge in [-0.2, -0.15) is 0 Å². The van der Waals surface area contributed by atoms with Gasteiger partial charge in [0.25, 0.3) is 5.91 Å². The van der Waals surface area contributed by atoms with Crippen molar-refractivity contribution in [2.45, 2.75) is 13.1 Å². The van der Waals surface area contributed by atoms with Gasteiger partial charge in [-0.15, -0.1) is 24.0 Å². The van der Waals surface area contributed by atoms with E-state index in [1.165, 1.54) is 0 Å². The Balaban J connectivity index is 0.00000225. The van der Waals surface area contributed by atoms with E-state index in [0.717, 1.165) is 17.1 Å². The number of primary amides is 1. The van der Waals surface area contributed by atoms with Gasteiger partial charge in [-0.3, -0.25) is 9.79 Å². The van der Waals surface area contributed by atoms with E-state index in [0.29, 0.717) is 24.8 Å². The van der Waals surface area contributed by atoms with Gasteiger partial charge in [0.2, 0.25) is 6.79 Å². The van der Waals surface area contributed by atoms with Gasteiger partial charge in [-0.05, 0) is 29.8 Å². The van der Waals surface area contributed by atoms with Crippen molar-refractivity contribution in [3.63, 3.8) is 0 Å². The summed E-state index contributed by atoms with van der Waals surface area (Å²) in [6.07, 6.45) is 0. The normalized spacial score (nSPS) is 12.4.